The number of ether oxygens (including phenoxy) is 1. The molecule has 8 heteroatoms. The molecule has 35 heavy (non-hydrogen) atoms. The smallest absolute Gasteiger partial charge is 0.414 e. The fourth-order valence-electron chi connectivity index (χ4n) is 5.58. The minimum Gasteiger partial charge on any atom is -0.481 e. The summed E-state index contributed by atoms with van der Waals surface area (Å²) in [4.78, 5) is 30.9. The number of benzene rings is 2. The number of aryl methyl sites for hydroxylation is 2. The highest BCUT2D eigenvalue weighted by molar-refractivity contribution is 5.96. The number of fused-ring (bicyclic) bond motifs is 3. The fraction of sp³-hybridized carbons (Fsp3) is 0.444. The number of carbonyl (C=O) groups excluding carboxylic acids is 1. The molecule has 1 aliphatic heterocycles. The molecule has 2 aliphatic rings. The van der Waals surface area contributed by atoms with Gasteiger partial charge in [-0.2, -0.15) is 0 Å². The number of aliphatic carboxylic acids is 1. The summed E-state index contributed by atoms with van der Waals surface area (Å²) in [6.07, 6.45) is 4.18. The van der Waals surface area contributed by atoms with Crippen molar-refractivity contribution in [1.82, 2.24) is 9.55 Å². The topological polar surface area (TPSA) is 96.7 Å². The molecule has 1 aliphatic carbocycles. The lowest BCUT2D eigenvalue weighted by Gasteiger charge is -2.34. The summed E-state index contributed by atoms with van der Waals surface area (Å²) >= 11 is 0. The molecule has 0 spiro atoms. The van der Waals surface area contributed by atoms with Gasteiger partial charge in [0.1, 0.15) is 0 Å². The number of carbonyl (C=O) groups is 2. The van der Waals surface area contributed by atoms with E-state index in [9.17, 15) is 14.7 Å². The normalized spacial score (nSPS) is 22.0. The van der Waals surface area contributed by atoms with E-state index in [2.05, 4.69) is 28.9 Å². The monoisotopic (exact) mass is 476 g/mol. The molecule has 0 saturated heterocycles. The molecule has 2 heterocycles. The van der Waals surface area contributed by atoms with Crippen LogP contribution < -0.4 is 10.2 Å². The number of hydrogen-bond acceptors (Lipinski definition) is 5. The van der Waals surface area contributed by atoms with Gasteiger partial charge in [0, 0.05) is 23.3 Å². The number of methoxy groups -OCH3 is 1. The molecule has 5 rings (SSSR count). The maximum absolute atomic E-state index is 12.6. The second-order valence-corrected chi connectivity index (χ2v) is 9.80. The number of anilines is 3. The van der Waals surface area contributed by atoms with Gasteiger partial charge in [-0.1, -0.05) is 17.7 Å². The van der Waals surface area contributed by atoms with E-state index >= 15 is 0 Å². The van der Waals surface area contributed by atoms with Crippen LogP contribution in [0.5, 0.6) is 0 Å². The van der Waals surface area contributed by atoms with Crippen molar-refractivity contribution in [2.24, 2.45) is 5.92 Å². The van der Waals surface area contributed by atoms with E-state index in [1.54, 1.807) is 4.90 Å². The van der Waals surface area contributed by atoms with Crippen molar-refractivity contribution in [3.63, 3.8) is 0 Å². The minimum atomic E-state index is -0.706. The van der Waals surface area contributed by atoms with Crippen LogP contribution in [0.15, 0.2) is 36.4 Å². The molecule has 3 aromatic rings. The Morgan fingerprint density at radius 3 is 2.43 bits per heavy atom. The first-order valence-electron chi connectivity index (χ1n) is 12.3. The summed E-state index contributed by atoms with van der Waals surface area (Å²) in [5.41, 5.74) is 5.93. The Morgan fingerprint density at radius 1 is 1.06 bits per heavy atom. The number of amides is 1. The third kappa shape index (κ3) is 4.22. The van der Waals surface area contributed by atoms with Gasteiger partial charge in [-0.05, 0) is 76.6 Å². The highest BCUT2D eigenvalue weighted by Crippen LogP contribution is 2.41. The number of imidazole rings is 1. The molecule has 184 valence electrons. The molecule has 0 radical (unpaired) electrons. The van der Waals surface area contributed by atoms with E-state index in [4.69, 9.17) is 9.72 Å². The quantitative estimate of drug-likeness (QED) is 0.493. The summed E-state index contributed by atoms with van der Waals surface area (Å²) in [6.45, 7) is 4.09. The summed E-state index contributed by atoms with van der Waals surface area (Å²) < 4.78 is 7.32. The lowest BCUT2D eigenvalue weighted by molar-refractivity contribution is -0.143. The molecule has 8 nitrogen and oxygen atoms in total. The SMILES string of the molecule is COC(=O)N1c2ccc3c(nc(Nc4ccc(C)cc4)n3[C@H]3CC[C@H](C(=O)O)CC3)c2CC[C@@H]1C. The standard InChI is InChI=1S/C27H32N4O4/c1-16-4-9-19(10-5-16)28-26-29-24-21-13-6-17(2)30(27(34)35-3)22(21)14-15-23(24)31(26)20-11-7-18(8-12-20)25(32)33/h4-5,9-10,14-15,17-18,20H,6-8,11-13H2,1-3H3,(H,28,29)(H,32,33)/t17-,18-,20-/m0/s1. The third-order valence-electron chi connectivity index (χ3n) is 7.54. The average Bonchev–Trinajstić information content (AvgIpc) is 3.23. The molecule has 1 amide bonds. The van der Waals surface area contributed by atoms with Crippen LogP contribution >= 0.6 is 0 Å². The molecular weight excluding hydrogens is 444 g/mol. The lowest BCUT2D eigenvalue weighted by Crippen LogP contribution is -2.42. The zero-order valence-corrected chi connectivity index (χ0v) is 20.5. The Kier molecular flexibility index (Phi) is 6.13. The van der Waals surface area contributed by atoms with Crippen molar-refractivity contribution in [3.8, 4) is 0 Å². The fourth-order valence-corrected chi connectivity index (χ4v) is 5.58. The van der Waals surface area contributed by atoms with E-state index in [1.165, 1.54) is 12.7 Å². The number of rotatable bonds is 4. The van der Waals surface area contributed by atoms with E-state index in [1.807, 2.05) is 31.2 Å². The Balaban J connectivity index is 1.61. The van der Waals surface area contributed by atoms with Crippen molar-refractivity contribution >= 4 is 40.4 Å². The number of nitrogens with one attached hydrogen (secondary N) is 1. The summed E-state index contributed by atoms with van der Waals surface area (Å²) in [5.74, 6) is -0.236. The number of nitrogens with zero attached hydrogens (tertiary/aromatic N) is 3. The first-order chi connectivity index (χ1) is 16.9. The highest BCUT2D eigenvalue weighted by Gasteiger charge is 2.33. The molecule has 1 fully saturated rings. The molecule has 2 N–H and O–H groups in total. The summed E-state index contributed by atoms with van der Waals surface area (Å²) in [7, 11) is 1.41. The van der Waals surface area contributed by atoms with E-state index in [0.717, 1.165) is 59.6 Å². The van der Waals surface area contributed by atoms with Crippen molar-refractivity contribution in [2.45, 2.75) is 64.5 Å². The maximum Gasteiger partial charge on any atom is 0.414 e. The Labute approximate surface area is 204 Å². The highest BCUT2D eigenvalue weighted by atomic mass is 16.5. The molecule has 1 atom stereocenters. The van der Waals surface area contributed by atoms with Gasteiger partial charge in [-0.15, -0.1) is 0 Å². The van der Waals surface area contributed by atoms with Crippen LogP contribution in [0.2, 0.25) is 0 Å². The number of carboxylic acid groups (broad SMARTS) is 1. The predicted molar refractivity (Wildman–Crippen MR) is 135 cm³/mol. The van der Waals surface area contributed by atoms with Gasteiger partial charge in [-0.25, -0.2) is 9.78 Å². The van der Waals surface area contributed by atoms with Crippen molar-refractivity contribution in [2.75, 3.05) is 17.3 Å². The number of aromatic nitrogens is 2. The van der Waals surface area contributed by atoms with Gasteiger partial charge in [0.15, 0.2) is 0 Å². The van der Waals surface area contributed by atoms with Crippen molar-refractivity contribution < 1.29 is 19.4 Å². The summed E-state index contributed by atoms with van der Waals surface area (Å²) in [6, 6.07) is 12.4. The minimum absolute atomic E-state index is 0.0472. The zero-order chi connectivity index (χ0) is 24.7. The Hall–Kier alpha value is -3.55. The Bertz CT molecular complexity index is 1260. The van der Waals surface area contributed by atoms with Gasteiger partial charge in [0.05, 0.1) is 29.7 Å². The molecule has 2 aromatic carbocycles. The van der Waals surface area contributed by atoms with Crippen LogP contribution in [0.4, 0.5) is 22.1 Å². The molecule has 0 bridgehead atoms. The molecule has 1 aromatic heterocycles. The van der Waals surface area contributed by atoms with Crippen LogP contribution in [0, 0.1) is 12.8 Å². The van der Waals surface area contributed by atoms with Crippen LogP contribution in [-0.2, 0) is 16.0 Å². The number of carboxylic acids is 1. The molecule has 0 unspecified atom stereocenters. The molecular formula is C27H32N4O4. The largest absolute Gasteiger partial charge is 0.481 e. The van der Waals surface area contributed by atoms with Crippen molar-refractivity contribution in [3.05, 3.63) is 47.5 Å². The van der Waals surface area contributed by atoms with Crippen LogP contribution in [0.1, 0.15) is 56.2 Å². The van der Waals surface area contributed by atoms with Gasteiger partial charge in [0.2, 0.25) is 5.95 Å². The number of hydrogen-bond donors (Lipinski definition) is 2. The maximum atomic E-state index is 12.6. The predicted octanol–water partition coefficient (Wildman–Crippen LogP) is 5.81. The Morgan fingerprint density at radius 2 is 1.77 bits per heavy atom. The van der Waals surface area contributed by atoms with E-state index in [0.29, 0.717) is 12.8 Å². The average molecular weight is 477 g/mol. The first-order valence-corrected chi connectivity index (χ1v) is 12.3. The zero-order valence-electron chi connectivity index (χ0n) is 20.5. The first kappa shape index (κ1) is 23.2. The molecule has 1 saturated carbocycles. The lowest BCUT2D eigenvalue weighted by atomic mass is 9.86. The van der Waals surface area contributed by atoms with Gasteiger partial charge < -0.3 is 19.7 Å². The second kappa shape index (κ2) is 9.24. The van der Waals surface area contributed by atoms with Gasteiger partial charge >= 0.3 is 12.1 Å². The van der Waals surface area contributed by atoms with Crippen LogP contribution in [0.25, 0.3) is 11.0 Å². The van der Waals surface area contributed by atoms with Gasteiger partial charge in [0.25, 0.3) is 0 Å². The van der Waals surface area contributed by atoms with E-state index < -0.39 is 5.97 Å². The third-order valence-corrected chi connectivity index (χ3v) is 7.54. The van der Waals surface area contributed by atoms with E-state index in [-0.39, 0.29) is 24.1 Å². The van der Waals surface area contributed by atoms with Crippen molar-refractivity contribution in [1.29, 1.82) is 0 Å². The second-order valence-electron chi connectivity index (χ2n) is 9.80. The summed E-state index contributed by atoms with van der Waals surface area (Å²) in [5, 5.41) is 13.0. The van der Waals surface area contributed by atoms with Crippen LogP contribution in [-0.4, -0.2) is 39.9 Å². The van der Waals surface area contributed by atoms with Gasteiger partial charge in [-0.3, -0.25) is 9.69 Å². The van der Waals surface area contributed by atoms with Crippen LogP contribution in [0.3, 0.4) is 0 Å².